The van der Waals surface area contributed by atoms with Crippen LogP contribution in [0.1, 0.15) is 43.9 Å². The molecule has 1 aliphatic rings. The van der Waals surface area contributed by atoms with Crippen LogP contribution in [-0.4, -0.2) is 9.78 Å². The van der Waals surface area contributed by atoms with E-state index >= 15 is 0 Å². The summed E-state index contributed by atoms with van der Waals surface area (Å²) in [5, 5.41) is 4.43. The summed E-state index contributed by atoms with van der Waals surface area (Å²) in [5.74, 6) is 1.51. The molecule has 2 heteroatoms. The van der Waals surface area contributed by atoms with E-state index < -0.39 is 0 Å². The van der Waals surface area contributed by atoms with E-state index in [2.05, 4.69) is 30.6 Å². The first-order chi connectivity index (χ1) is 6.18. The fourth-order valence-corrected chi connectivity index (χ4v) is 1.87. The zero-order valence-corrected chi connectivity index (χ0v) is 8.75. The second kappa shape index (κ2) is 3.17. The molecule has 0 spiro atoms. The Balaban J connectivity index is 2.23. The van der Waals surface area contributed by atoms with E-state index in [1.54, 1.807) is 0 Å². The number of nitrogens with zero attached hydrogens (tertiary/aromatic N) is 2. The van der Waals surface area contributed by atoms with Gasteiger partial charge in [0.05, 0.1) is 6.20 Å². The number of aryl methyl sites for hydroxylation is 1. The van der Waals surface area contributed by atoms with Gasteiger partial charge in [0, 0.05) is 18.2 Å². The van der Waals surface area contributed by atoms with Crippen molar-refractivity contribution in [3.05, 3.63) is 17.5 Å². The molecule has 13 heavy (non-hydrogen) atoms. The van der Waals surface area contributed by atoms with Crippen molar-refractivity contribution in [2.24, 2.45) is 5.92 Å². The van der Waals surface area contributed by atoms with E-state index in [1.807, 2.05) is 6.20 Å². The highest BCUT2D eigenvalue weighted by Gasteiger charge is 2.28. The first-order valence-corrected chi connectivity index (χ1v) is 5.20. The van der Waals surface area contributed by atoms with Crippen molar-refractivity contribution in [2.45, 2.75) is 46.1 Å². The van der Waals surface area contributed by atoms with Gasteiger partial charge in [-0.1, -0.05) is 13.8 Å². The molecule has 2 rings (SSSR count). The molecular weight excluding hydrogens is 160 g/mol. The lowest BCUT2D eigenvalue weighted by molar-refractivity contribution is 0.468. The van der Waals surface area contributed by atoms with Crippen molar-refractivity contribution in [1.29, 1.82) is 0 Å². The van der Waals surface area contributed by atoms with Crippen LogP contribution in [0, 0.1) is 12.8 Å². The first kappa shape index (κ1) is 8.79. The summed E-state index contributed by atoms with van der Waals surface area (Å²) in [7, 11) is 0. The molecule has 1 aromatic rings. The van der Waals surface area contributed by atoms with E-state index in [4.69, 9.17) is 0 Å². The highest BCUT2D eigenvalue weighted by molar-refractivity contribution is 5.24. The standard InChI is InChI=1S/C11H18N2/c1-8(2)7-13-11(10-4-5-10)9(3)6-12-13/h6,8,10H,4-5,7H2,1-3H3. The van der Waals surface area contributed by atoms with Crippen molar-refractivity contribution in [2.75, 3.05) is 0 Å². The minimum Gasteiger partial charge on any atom is -0.269 e. The third-order valence-electron chi connectivity index (χ3n) is 2.58. The molecule has 0 atom stereocenters. The molecule has 0 amide bonds. The number of rotatable bonds is 3. The van der Waals surface area contributed by atoms with Crippen LogP contribution in [0.3, 0.4) is 0 Å². The van der Waals surface area contributed by atoms with Crippen LogP contribution >= 0.6 is 0 Å². The van der Waals surface area contributed by atoms with E-state index in [9.17, 15) is 0 Å². The Bertz CT molecular complexity index is 295. The van der Waals surface area contributed by atoms with Crippen LogP contribution in [0.4, 0.5) is 0 Å². The molecule has 0 unspecified atom stereocenters. The smallest absolute Gasteiger partial charge is 0.0521 e. The Morgan fingerprint density at radius 3 is 2.77 bits per heavy atom. The largest absolute Gasteiger partial charge is 0.269 e. The zero-order chi connectivity index (χ0) is 9.42. The van der Waals surface area contributed by atoms with Crippen molar-refractivity contribution in [3.63, 3.8) is 0 Å². The van der Waals surface area contributed by atoms with Crippen molar-refractivity contribution in [3.8, 4) is 0 Å². The Morgan fingerprint density at radius 1 is 1.54 bits per heavy atom. The van der Waals surface area contributed by atoms with Gasteiger partial charge in [0.15, 0.2) is 0 Å². The highest BCUT2D eigenvalue weighted by Crippen LogP contribution is 2.41. The quantitative estimate of drug-likeness (QED) is 0.696. The van der Waals surface area contributed by atoms with Gasteiger partial charge in [-0.15, -0.1) is 0 Å². The molecule has 0 aliphatic heterocycles. The van der Waals surface area contributed by atoms with E-state index in [0.717, 1.165) is 12.5 Å². The monoisotopic (exact) mass is 178 g/mol. The summed E-state index contributed by atoms with van der Waals surface area (Å²) in [5.41, 5.74) is 2.87. The molecule has 0 N–H and O–H groups in total. The minimum absolute atomic E-state index is 0.691. The van der Waals surface area contributed by atoms with Crippen molar-refractivity contribution in [1.82, 2.24) is 9.78 Å². The number of aromatic nitrogens is 2. The minimum atomic E-state index is 0.691. The van der Waals surface area contributed by atoms with Crippen LogP contribution in [0.25, 0.3) is 0 Å². The molecule has 1 aliphatic carbocycles. The molecule has 0 radical (unpaired) electrons. The average Bonchev–Trinajstić information content (AvgIpc) is 2.79. The maximum Gasteiger partial charge on any atom is 0.0521 e. The fraction of sp³-hybridized carbons (Fsp3) is 0.727. The lowest BCUT2D eigenvalue weighted by atomic mass is 10.2. The highest BCUT2D eigenvalue weighted by atomic mass is 15.3. The number of hydrogen-bond acceptors (Lipinski definition) is 1. The lowest BCUT2D eigenvalue weighted by Crippen LogP contribution is -2.09. The SMILES string of the molecule is Cc1cnn(CC(C)C)c1C1CC1. The maximum absolute atomic E-state index is 4.43. The normalized spacial score (nSPS) is 16.9. The second-order valence-electron chi connectivity index (χ2n) is 4.56. The Labute approximate surface area is 80.0 Å². The molecule has 0 saturated heterocycles. The van der Waals surface area contributed by atoms with Gasteiger partial charge < -0.3 is 0 Å². The summed E-state index contributed by atoms with van der Waals surface area (Å²) in [4.78, 5) is 0. The van der Waals surface area contributed by atoms with Gasteiger partial charge in [0.25, 0.3) is 0 Å². The molecule has 72 valence electrons. The summed E-state index contributed by atoms with van der Waals surface area (Å²) < 4.78 is 2.21. The first-order valence-electron chi connectivity index (χ1n) is 5.20. The summed E-state index contributed by atoms with van der Waals surface area (Å²) >= 11 is 0. The molecule has 1 saturated carbocycles. The van der Waals surface area contributed by atoms with Crippen LogP contribution in [0.5, 0.6) is 0 Å². The van der Waals surface area contributed by atoms with Gasteiger partial charge >= 0.3 is 0 Å². The Hall–Kier alpha value is -0.790. The topological polar surface area (TPSA) is 17.8 Å². The van der Waals surface area contributed by atoms with Gasteiger partial charge in [-0.05, 0) is 31.2 Å². The summed E-state index contributed by atoms with van der Waals surface area (Å²) in [6.07, 6.45) is 4.74. The second-order valence-corrected chi connectivity index (χ2v) is 4.56. The van der Waals surface area contributed by atoms with Gasteiger partial charge in [0.2, 0.25) is 0 Å². The predicted molar refractivity (Wildman–Crippen MR) is 53.8 cm³/mol. The molecule has 1 fully saturated rings. The lowest BCUT2D eigenvalue weighted by Gasteiger charge is -2.09. The van der Waals surface area contributed by atoms with E-state index in [-0.39, 0.29) is 0 Å². The van der Waals surface area contributed by atoms with Crippen molar-refractivity contribution >= 4 is 0 Å². The van der Waals surface area contributed by atoms with Crippen LogP contribution < -0.4 is 0 Å². The molecule has 1 heterocycles. The third-order valence-corrected chi connectivity index (χ3v) is 2.58. The molecular formula is C11H18N2. The van der Waals surface area contributed by atoms with Crippen molar-refractivity contribution < 1.29 is 0 Å². The van der Waals surface area contributed by atoms with E-state index in [1.165, 1.54) is 24.1 Å². The van der Waals surface area contributed by atoms with Crippen LogP contribution in [0.2, 0.25) is 0 Å². The molecule has 2 nitrogen and oxygen atoms in total. The predicted octanol–water partition coefficient (Wildman–Crippen LogP) is 2.72. The Kier molecular flexibility index (Phi) is 2.14. The third kappa shape index (κ3) is 1.77. The zero-order valence-electron chi connectivity index (χ0n) is 8.75. The Morgan fingerprint density at radius 2 is 2.23 bits per heavy atom. The van der Waals surface area contributed by atoms with Gasteiger partial charge in [-0.25, -0.2) is 0 Å². The molecule has 0 bridgehead atoms. The van der Waals surface area contributed by atoms with Crippen LogP contribution in [-0.2, 0) is 6.54 Å². The summed E-state index contributed by atoms with van der Waals surface area (Å²) in [6.45, 7) is 7.73. The molecule has 0 aromatic carbocycles. The van der Waals surface area contributed by atoms with E-state index in [0.29, 0.717) is 5.92 Å². The summed E-state index contributed by atoms with van der Waals surface area (Å²) in [6, 6.07) is 0. The van der Waals surface area contributed by atoms with Gasteiger partial charge in [-0.2, -0.15) is 5.10 Å². The maximum atomic E-state index is 4.43. The average molecular weight is 178 g/mol. The van der Waals surface area contributed by atoms with Gasteiger partial charge in [-0.3, -0.25) is 4.68 Å². The fourth-order valence-electron chi connectivity index (χ4n) is 1.87. The number of hydrogen-bond donors (Lipinski definition) is 0. The van der Waals surface area contributed by atoms with Crippen LogP contribution in [0.15, 0.2) is 6.20 Å². The molecule has 1 aromatic heterocycles. The van der Waals surface area contributed by atoms with Gasteiger partial charge in [0.1, 0.15) is 0 Å².